The Morgan fingerprint density at radius 3 is 3.08 bits per heavy atom. The van der Waals surface area contributed by atoms with Crippen LogP contribution in [0.5, 0.6) is 0 Å². The lowest BCUT2D eigenvalue weighted by Crippen LogP contribution is -2.05. The molecule has 0 spiro atoms. The summed E-state index contributed by atoms with van der Waals surface area (Å²) in [7, 11) is 0. The third-order valence-corrected chi connectivity index (χ3v) is 1.71. The van der Waals surface area contributed by atoms with Crippen LogP contribution in [0, 0.1) is 0 Å². The first-order chi connectivity index (χ1) is 6.16. The number of H-pyrrole nitrogens is 1. The molecule has 2 rings (SSSR count). The van der Waals surface area contributed by atoms with Gasteiger partial charge in [-0.2, -0.15) is 5.10 Å². The van der Waals surface area contributed by atoms with Crippen LogP contribution in [0.25, 0.3) is 5.65 Å². The molecular formula is C8H7N3O2. The zero-order chi connectivity index (χ0) is 9.42. The maximum atomic E-state index is 10.9. The van der Waals surface area contributed by atoms with E-state index < -0.39 is 0 Å². The molecule has 0 aliphatic heterocycles. The van der Waals surface area contributed by atoms with Crippen LogP contribution in [-0.2, 0) is 0 Å². The fourth-order valence-electron chi connectivity index (χ4n) is 1.08. The minimum Gasteiger partial charge on any atom is -0.307 e. The van der Waals surface area contributed by atoms with Crippen molar-refractivity contribution in [1.29, 1.82) is 0 Å². The molecule has 2 aromatic rings. The van der Waals surface area contributed by atoms with E-state index in [0.29, 0.717) is 11.3 Å². The number of Topliss-reactive ketones (excluding diaryl/α,β-unsaturated/α-hetero) is 1. The van der Waals surface area contributed by atoms with E-state index in [1.54, 1.807) is 6.07 Å². The molecule has 2 heterocycles. The van der Waals surface area contributed by atoms with Crippen LogP contribution < -0.4 is 5.56 Å². The normalized spacial score (nSPS) is 10.5. The number of fused-ring (bicyclic) bond motifs is 1. The number of aromatic amines is 1. The highest BCUT2D eigenvalue weighted by Gasteiger charge is 2.05. The number of nitrogens with one attached hydrogen (secondary N) is 1. The van der Waals surface area contributed by atoms with Gasteiger partial charge in [0.25, 0.3) is 5.56 Å². The van der Waals surface area contributed by atoms with Crippen molar-refractivity contribution < 1.29 is 4.79 Å². The first kappa shape index (κ1) is 7.72. The maximum absolute atomic E-state index is 10.9. The van der Waals surface area contributed by atoms with Crippen LogP contribution in [0.15, 0.2) is 23.1 Å². The van der Waals surface area contributed by atoms with Crippen LogP contribution >= 0.6 is 0 Å². The largest absolute Gasteiger partial charge is 0.307 e. The van der Waals surface area contributed by atoms with Gasteiger partial charge in [0.1, 0.15) is 11.3 Å². The van der Waals surface area contributed by atoms with E-state index >= 15 is 0 Å². The van der Waals surface area contributed by atoms with E-state index in [2.05, 4.69) is 10.1 Å². The lowest BCUT2D eigenvalue weighted by molar-refractivity contribution is 0.101. The summed E-state index contributed by atoms with van der Waals surface area (Å²) in [5.74, 6) is -0.121. The van der Waals surface area contributed by atoms with Crippen LogP contribution in [0.3, 0.4) is 0 Å². The van der Waals surface area contributed by atoms with Crippen molar-refractivity contribution in [2.24, 2.45) is 0 Å². The molecule has 0 saturated heterocycles. The van der Waals surface area contributed by atoms with Crippen molar-refractivity contribution in [2.45, 2.75) is 6.92 Å². The van der Waals surface area contributed by atoms with Gasteiger partial charge in [-0.15, -0.1) is 0 Å². The third kappa shape index (κ3) is 1.24. The molecule has 5 heteroatoms. The fourth-order valence-corrected chi connectivity index (χ4v) is 1.08. The van der Waals surface area contributed by atoms with Gasteiger partial charge in [-0.05, 0) is 0 Å². The summed E-state index contributed by atoms with van der Waals surface area (Å²) in [6.45, 7) is 1.43. The minimum atomic E-state index is -0.206. The lowest BCUT2D eigenvalue weighted by atomic mass is 10.3. The van der Waals surface area contributed by atoms with Crippen molar-refractivity contribution >= 4 is 11.4 Å². The second-order valence-corrected chi connectivity index (χ2v) is 2.72. The molecule has 0 bridgehead atoms. The van der Waals surface area contributed by atoms with Crippen molar-refractivity contribution in [1.82, 2.24) is 14.6 Å². The van der Waals surface area contributed by atoms with E-state index in [9.17, 15) is 9.59 Å². The number of rotatable bonds is 1. The molecule has 0 atom stereocenters. The molecule has 2 aromatic heterocycles. The van der Waals surface area contributed by atoms with Gasteiger partial charge < -0.3 is 4.98 Å². The Labute approximate surface area is 73.0 Å². The SMILES string of the molecule is CC(=O)c1cc2[nH]c(=O)ccn2n1. The highest BCUT2D eigenvalue weighted by atomic mass is 16.1. The zero-order valence-electron chi connectivity index (χ0n) is 6.94. The Balaban J connectivity index is 2.75. The Bertz CT molecular complexity index is 523. The van der Waals surface area contributed by atoms with Crippen molar-refractivity contribution in [3.05, 3.63) is 34.4 Å². The van der Waals surface area contributed by atoms with E-state index in [4.69, 9.17) is 0 Å². The number of hydrogen-bond acceptors (Lipinski definition) is 3. The molecule has 0 radical (unpaired) electrons. The van der Waals surface area contributed by atoms with Gasteiger partial charge in [-0.3, -0.25) is 9.59 Å². The standard InChI is InChI=1S/C8H7N3O2/c1-5(12)6-4-7-9-8(13)2-3-11(7)10-6/h2-4H,1H3,(H,9,13). The Morgan fingerprint density at radius 2 is 2.38 bits per heavy atom. The summed E-state index contributed by atoms with van der Waals surface area (Å²) in [5, 5.41) is 3.95. The van der Waals surface area contributed by atoms with Crippen molar-refractivity contribution in [2.75, 3.05) is 0 Å². The number of carbonyl (C=O) groups excluding carboxylic acids is 1. The molecular weight excluding hydrogens is 170 g/mol. The molecule has 0 amide bonds. The van der Waals surface area contributed by atoms with E-state index in [1.165, 1.54) is 23.7 Å². The molecule has 0 aromatic carbocycles. The molecule has 66 valence electrons. The van der Waals surface area contributed by atoms with Gasteiger partial charge in [0.2, 0.25) is 0 Å². The van der Waals surface area contributed by atoms with Gasteiger partial charge in [-0.25, -0.2) is 4.52 Å². The second kappa shape index (κ2) is 2.55. The van der Waals surface area contributed by atoms with Gasteiger partial charge in [0, 0.05) is 25.3 Å². The smallest absolute Gasteiger partial charge is 0.251 e. The minimum absolute atomic E-state index is 0.121. The summed E-state index contributed by atoms with van der Waals surface area (Å²) < 4.78 is 1.46. The molecule has 1 N–H and O–H groups in total. The molecule has 5 nitrogen and oxygen atoms in total. The summed E-state index contributed by atoms with van der Waals surface area (Å²) in [5.41, 5.74) is 0.669. The quantitative estimate of drug-likeness (QED) is 0.634. The maximum Gasteiger partial charge on any atom is 0.251 e. The third-order valence-electron chi connectivity index (χ3n) is 1.71. The van der Waals surface area contributed by atoms with E-state index in [-0.39, 0.29) is 11.3 Å². The number of nitrogens with zero attached hydrogens (tertiary/aromatic N) is 2. The van der Waals surface area contributed by atoms with Gasteiger partial charge in [0.15, 0.2) is 5.78 Å². The number of ketones is 1. The second-order valence-electron chi connectivity index (χ2n) is 2.72. The monoisotopic (exact) mass is 177 g/mol. The summed E-state index contributed by atoms with van der Waals surface area (Å²) >= 11 is 0. The van der Waals surface area contributed by atoms with Crippen LogP contribution in [0.1, 0.15) is 17.4 Å². The average Bonchev–Trinajstić information content (AvgIpc) is 2.46. The van der Waals surface area contributed by atoms with Crippen LogP contribution in [0.2, 0.25) is 0 Å². The molecule has 0 fully saturated rings. The molecule has 0 unspecified atom stereocenters. The summed E-state index contributed by atoms with van der Waals surface area (Å²) in [6, 6.07) is 2.90. The Kier molecular flexibility index (Phi) is 1.51. The summed E-state index contributed by atoms with van der Waals surface area (Å²) in [6.07, 6.45) is 1.51. The van der Waals surface area contributed by atoms with Crippen molar-refractivity contribution in [3.63, 3.8) is 0 Å². The van der Waals surface area contributed by atoms with Crippen LogP contribution in [-0.4, -0.2) is 20.4 Å². The number of carbonyl (C=O) groups is 1. The Hall–Kier alpha value is -1.91. The van der Waals surface area contributed by atoms with Gasteiger partial charge in [0.05, 0.1) is 0 Å². The molecule has 0 aliphatic carbocycles. The summed E-state index contributed by atoms with van der Waals surface area (Å²) in [4.78, 5) is 24.4. The molecule has 0 aliphatic rings. The molecule has 0 saturated carbocycles. The zero-order valence-corrected chi connectivity index (χ0v) is 6.94. The first-order valence-corrected chi connectivity index (χ1v) is 3.76. The predicted molar refractivity (Wildman–Crippen MR) is 45.8 cm³/mol. The first-order valence-electron chi connectivity index (χ1n) is 3.76. The average molecular weight is 177 g/mol. The number of hydrogen-bond donors (Lipinski definition) is 1. The lowest BCUT2D eigenvalue weighted by Gasteiger charge is -1.87. The fraction of sp³-hybridized carbons (Fsp3) is 0.125. The number of aromatic nitrogens is 3. The topological polar surface area (TPSA) is 67.2 Å². The highest BCUT2D eigenvalue weighted by molar-refractivity contribution is 5.93. The van der Waals surface area contributed by atoms with Gasteiger partial charge >= 0.3 is 0 Å². The molecule has 13 heavy (non-hydrogen) atoms. The van der Waals surface area contributed by atoms with E-state index in [0.717, 1.165) is 0 Å². The highest BCUT2D eigenvalue weighted by Crippen LogP contribution is 2.01. The van der Waals surface area contributed by atoms with Crippen LogP contribution in [0.4, 0.5) is 0 Å². The van der Waals surface area contributed by atoms with Crippen molar-refractivity contribution in [3.8, 4) is 0 Å². The Morgan fingerprint density at radius 1 is 1.62 bits per heavy atom. The van der Waals surface area contributed by atoms with Gasteiger partial charge in [-0.1, -0.05) is 0 Å². The van der Waals surface area contributed by atoms with E-state index in [1.807, 2.05) is 0 Å². The predicted octanol–water partition coefficient (Wildman–Crippen LogP) is 0.225.